The van der Waals surface area contributed by atoms with E-state index in [4.69, 9.17) is 17.3 Å². The lowest BCUT2D eigenvalue weighted by atomic mass is 10.2. The molecule has 0 aliphatic rings. The molecule has 138 valence electrons. The highest BCUT2D eigenvalue weighted by atomic mass is 35.5. The predicted molar refractivity (Wildman–Crippen MR) is 102 cm³/mol. The highest BCUT2D eigenvalue weighted by Crippen LogP contribution is 2.26. The zero-order chi connectivity index (χ0) is 19.4. The van der Waals surface area contributed by atoms with E-state index in [9.17, 15) is 14.4 Å². The van der Waals surface area contributed by atoms with Gasteiger partial charge in [0.05, 0.1) is 10.7 Å². The van der Waals surface area contributed by atoms with Crippen LogP contribution in [0, 0.1) is 0 Å². The number of hydrogen-bond acceptors (Lipinski definition) is 6. The van der Waals surface area contributed by atoms with Crippen molar-refractivity contribution in [1.29, 1.82) is 0 Å². The van der Waals surface area contributed by atoms with E-state index < -0.39 is 11.5 Å². The second-order valence-corrected chi connectivity index (χ2v) is 5.98. The molecule has 0 fully saturated rings. The summed E-state index contributed by atoms with van der Waals surface area (Å²) in [5, 5.41) is 5.98. The summed E-state index contributed by atoms with van der Waals surface area (Å²) in [7, 11) is 0. The number of anilines is 2. The van der Waals surface area contributed by atoms with Crippen LogP contribution in [0.4, 0.5) is 11.4 Å². The third-order valence-electron chi connectivity index (χ3n) is 3.63. The minimum Gasteiger partial charge on any atom is -0.330 e. The summed E-state index contributed by atoms with van der Waals surface area (Å²) >= 11 is 6.11. The normalized spacial score (nSPS) is 10.6. The van der Waals surface area contributed by atoms with E-state index in [2.05, 4.69) is 25.6 Å². The minimum atomic E-state index is -0.658. The molecule has 0 bridgehead atoms. The van der Waals surface area contributed by atoms with Crippen molar-refractivity contribution in [1.82, 2.24) is 15.0 Å². The standard InChI is InChI=1S/C17H15ClN6O3/c18-12-2-1-10(22-14(25)3-4-19)6-13(12)23-16(26)11-5-9-7-20-8-21-15(9)24-17(11)27/h1-2,5-8H,3-4,19H2,(H,22,25)(H,23,26)(H,20,21,24,27). The first kappa shape index (κ1) is 18.5. The Morgan fingerprint density at radius 2 is 2.04 bits per heavy atom. The zero-order valence-electron chi connectivity index (χ0n) is 14.0. The van der Waals surface area contributed by atoms with Crippen LogP contribution in [0.1, 0.15) is 16.8 Å². The van der Waals surface area contributed by atoms with E-state index in [1.54, 1.807) is 6.07 Å². The summed E-state index contributed by atoms with van der Waals surface area (Å²) in [5.41, 5.74) is 5.64. The molecule has 0 unspecified atom stereocenters. The number of carbonyl (C=O) groups is 2. The van der Waals surface area contributed by atoms with Crippen LogP contribution in [0.2, 0.25) is 5.02 Å². The molecule has 0 atom stereocenters. The van der Waals surface area contributed by atoms with Crippen molar-refractivity contribution in [3.8, 4) is 0 Å². The second kappa shape index (κ2) is 7.94. The van der Waals surface area contributed by atoms with Crippen LogP contribution in [0.25, 0.3) is 11.0 Å². The molecule has 10 heteroatoms. The third kappa shape index (κ3) is 4.27. The summed E-state index contributed by atoms with van der Waals surface area (Å²) < 4.78 is 0. The van der Waals surface area contributed by atoms with Crippen molar-refractivity contribution < 1.29 is 9.59 Å². The first-order valence-electron chi connectivity index (χ1n) is 7.92. The second-order valence-electron chi connectivity index (χ2n) is 5.57. The van der Waals surface area contributed by atoms with Crippen molar-refractivity contribution >= 4 is 45.8 Å². The minimum absolute atomic E-state index is 0.120. The Hall–Kier alpha value is -3.30. The fourth-order valence-electron chi connectivity index (χ4n) is 2.36. The third-order valence-corrected chi connectivity index (χ3v) is 3.96. The number of aromatic amines is 1. The van der Waals surface area contributed by atoms with Crippen LogP contribution in [-0.2, 0) is 4.79 Å². The van der Waals surface area contributed by atoms with Crippen LogP contribution in [0.3, 0.4) is 0 Å². The van der Waals surface area contributed by atoms with Gasteiger partial charge in [-0.15, -0.1) is 0 Å². The molecule has 2 aromatic heterocycles. The van der Waals surface area contributed by atoms with Gasteiger partial charge in [-0.1, -0.05) is 11.6 Å². The molecule has 27 heavy (non-hydrogen) atoms. The molecule has 2 amide bonds. The van der Waals surface area contributed by atoms with Gasteiger partial charge in [0.25, 0.3) is 11.5 Å². The Bertz CT molecular complexity index is 1080. The number of pyridine rings is 1. The lowest BCUT2D eigenvalue weighted by molar-refractivity contribution is -0.116. The Balaban J connectivity index is 1.86. The van der Waals surface area contributed by atoms with Gasteiger partial charge in [0, 0.05) is 30.2 Å². The number of hydrogen-bond donors (Lipinski definition) is 4. The summed E-state index contributed by atoms with van der Waals surface area (Å²) in [5.74, 6) is -0.919. The number of rotatable bonds is 5. The molecule has 3 aromatic rings. The molecule has 1 aromatic carbocycles. The number of halogens is 1. The molecule has 5 N–H and O–H groups in total. The first-order chi connectivity index (χ1) is 13.0. The summed E-state index contributed by atoms with van der Waals surface area (Å²) in [4.78, 5) is 46.6. The summed E-state index contributed by atoms with van der Waals surface area (Å²) in [6.07, 6.45) is 2.94. The number of nitrogens with one attached hydrogen (secondary N) is 3. The first-order valence-corrected chi connectivity index (χ1v) is 8.29. The summed E-state index contributed by atoms with van der Waals surface area (Å²) in [6.45, 7) is 0.220. The number of nitrogens with two attached hydrogens (primary N) is 1. The molecule has 9 nitrogen and oxygen atoms in total. The Morgan fingerprint density at radius 1 is 1.22 bits per heavy atom. The van der Waals surface area contributed by atoms with Gasteiger partial charge < -0.3 is 21.4 Å². The van der Waals surface area contributed by atoms with E-state index in [0.29, 0.717) is 16.7 Å². The van der Waals surface area contributed by atoms with E-state index in [1.165, 1.54) is 30.7 Å². The molecule has 3 rings (SSSR count). The van der Waals surface area contributed by atoms with Gasteiger partial charge in [-0.25, -0.2) is 9.97 Å². The van der Waals surface area contributed by atoms with Crippen LogP contribution in [-0.4, -0.2) is 33.3 Å². The number of carbonyl (C=O) groups excluding carboxylic acids is 2. The van der Waals surface area contributed by atoms with Gasteiger partial charge in [-0.2, -0.15) is 0 Å². The number of amides is 2. The molecule has 0 aliphatic heterocycles. The lowest BCUT2D eigenvalue weighted by Crippen LogP contribution is -2.23. The van der Waals surface area contributed by atoms with Crippen LogP contribution in [0.15, 0.2) is 41.6 Å². The molecule has 0 radical (unpaired) electrons. The van der Waals surface area contributed by atoms with Gasteiger partial charge in [0.15, 0.2) is 0 Å². The topological polar surface area (TPSA) is 143 Å². The largest absolute Gasteiger partial charge is 0.330 e. The molecule has 0 spiro atoms. The van der Waals surface area contributed by atoms with E-state index >= 15 is 0 Å². The Morgan fingerprint density at radius 3 is 2.81 bits per heavy atom. The Labute approximate surface area is 158 Å². The Kier molecular flexibility index (Phi) is 5.43. The SMILES string of the molecule is NCCC(=O)Nc1ccc(Cl)c(NC(=O)c2cc3cncnc3[nH]c2=O)c1. The van der Waals surface area contributed by atoms with Gasteiger partial charge in [0.2, 0.25) is 5.91 Å². The molecule has 0 saturated heterocycles. The smallest absolute Gasteiger partial charge is 0.262 e. The van der Waals surface area contributed by atoms with Crippen molar-refractivity contribution in [2.75, 3.05) is 17.2 Å². The maximum absolute atomic E-state index is 12.5. The predicted octanol–water partition coefficient (Wildman–Crippen LogP) is 1.51. The quantitative estimate of drug-likeness (QED) is 0.523. The molecular formula is C17H15ClN6O3. The van der Waals surface area contributed by atoms with Crippen LogP contribution in [0.5, 0.6) is 0 Å². The average Bonchev–Trinajstić information content (AvgIpc) is 2.64. The van der Waals surface area contributed by atoms with Crippen LogP contribution < -0.4 is 21.9 Å². The van der Waals surface area contributed by atoms with Crippen molar-refractivity contribution in [3.63, 3.8) is 0 Å². The highest BCUT2D eigenvalue weighted by molar-refractivity contribution is 6.34. The fraction of sp³-hybridized carbons (Fsp3) is 0.118. The number of aromatic nitrogens is 3. The highest BCUT2D eigenvalue weighted by Gasteiger charge is 2.15. The molecule has 2 heterocycles. The number of benzene rings is 1. The zero-order valence-corrected chi connectivity index (χ0v) is 14.7. The van der Waals surface area contributed by atoms with Gasteiger partial charge >= 0.3 is 0 Å². The maximum atomic E-state index is 12.5. The molecular weight excluding hydrogens is 372 g/mol. The van der Waals surface area contributed by atoms with E-state index in [1.807, 2.05) is 0 Å². The average molecular weight is 387 g/mol. The number of fused-ring (bicyclic) bond motifs is 1. The summed E-state index contributed by atoms with van der Waals surface area (Å²) in [6, 6.07) is 6.00. The van der Waals surface area contributed by atoms with Gasteiger partial charge in [-0.3, -0.25) is 14.4 Å². The molecule has 0 aliphatic carbocycles. The van der Waals surface area contributed by atoms with Crippen LogP contribution >= 0.6 is 11.6 Å². The van der Waals surface area contributed by atoms with E-state index in [-0.39, 0.29) is 35.1 Å². The lowest BCUT2D eigenvalue weighted by Gasteiger charge is -2.10. The van der Waals surface area contributed by atoms with Crippen molar-refractivity contribution in [2.45, 2.75) is 6.42 Å². The monoisotopic (exact) mass is 386 g/mol. The maximum Gasteiger partial charge on any atom is 0.262 e. The van der Waals surface area contributed by atoms with Crippen molar-refractivity contribution in [3.05, 3.63) is 57.7 Å². The van der Waals surface area contributed by atoms with Gasteiger partial charge in [0.1, 0.15) is 17.5 Å². The number of nitrogens with zero attached hydrogens (tertiary/aromatic N) is 2. The number of H-pyrrole nitrogens is 1. The van der Waals surface area contributed by atoms with Crippen molar-refractivity contribution in [2.24, 2.45) is 5.73 Å². The fourth-order valence-corrected chi connectivity index (χ4v) is 2.52. The van der Waals surface area contributed by atoms with E-state index in [0.717, 1.165) is 0 Å². The molecule has 0 saturated carbocycles. The van der Waals surface area contributed by atoms with Gasteiger partial charge in [-0.05, 0) is 24.3 Å².